The first-order valence-corrected chi connectivity index (χ1v) is 8.10. The molecule has 0 aromatic carbocycles. The van der Waals surface area contributed by atoms with Gasteiger partial charge in [0.25, 0.3) is 0 Å². The van der Waals surface area contributed by atoms with Gasteiger partial charge < -0.3 is 9.97 Å². The van der Waals surface area contributed by atoms with Gasteiger partial charge in [-0.25, -0.2) is 9.97 Å². The van der Waals surface area contributed by atoms with E-state index in [1.807, 2.05) is 54.6 Å². The molecule has 5 nitrogen and oxygen atoms in total. The number of H-pyrrole nitrogens is 2. The molecule has 2 N–H and O–H groups in total. The van der Waals surface area contributed by atoms with E-state index in [1.54, 1.807) is 6.07 Å². The Bertz CT molecular complexity index is 1200. The molecule has 3 aromatic rings. The first-order chi connectivity index (χ1) is 12.2. The molecule has 0 saturated carbocycles. The molecular weight excluding hydrogens is 378 g/mol. The molecule has 0 atom stereocenters. The van der Waals surface area contributed by atoms with E-state index in [4.69, 9.17) is 0 Å². The molecular formula is C20H14N4OZn. The maximum Gasteiger partial charge on any atom is 0.187 e. The first-order valence-electron chi connectivity index (χ1n) is 8.10. The van der Waals surface area contributed by atoms with E-state index in [1.165, 1.54) is 0 Å². The number of Topliss-reactive ketones (excluding diaryl/α,β-unsaturated/α-hetero) is 1. The van der Waals surface area contributed by atoms with E-state index < -0.39 is 0 Å². The third-order valence-corrected chi connectivity index (χ3v) is 4.26. The number of carbonyl (C=O) groups is 1. The molecule has 5 rings (SSSR count). The van der Waals surface area contributed by atoms with Gasteiger partial charge in [0.15, 0.2) is 5.78 Å². The summed E-state index contributed by atoms with van der Waals surface area (Å²) >= 11 is 0. The summed E-state index contributed by atoms with van der Waals surface area (Å²) < 4.78 is 0. The van der Waals surface area contributed by atoms with Crippen LogP contribution in [0.15, 0.2) is 48.5 Å². The number of hydrogen-bond donors (Lipinski definition) is 2. The summed E-state index contributed by atoms with van der Waals surface area (Å²) in [5, 5.41) is 0. The molecule has 26 heavy (non-hydrogen) atoms. The van der Waals surface area contributed by atoms with Gasteiger partial charge in [0.2, 0.25) is 0 Å². The number of nitrogens with one attached hydrogen (secondary N) is 2. The molecule has 0 saturated heterocycles. The van der Waals surface area contributed by atoms with Crippen LogP contribution in [0.3, 0.4) is 0 Å². The summed E-state index contributed by atoms with van der Waals surface area (Å²) in [5.41, 5.74) is 6.71. The summed E-state index contributed by atoms with van der Waals surface area (Å²) in [6, 6.07) is 15.6. The molecule has 2 aliphatic heterocycles. The SMILES string of the molecule is O=C1Cc2cc3ccc(cc4nc(cc5ccc(cc1n2)[nH]5)C=C4)[nH]3.[Zn]. The van der Waals surface area contributed by atoms with Gasteiger partial charge in [0.1, 0.15) is 5.69 Å². The fourth-order valence-electron chi connectivity index (χ4n) is 3.10. The van der Waals surface area contributed by atoms with Gasteiger partial charge in [-0.2, -0.15) is 0 Å². The summed E-state index contributed by atoms with van der Waals surface area (Å²) in [6.45, 7) is 0. The van der Waals surface area contributed by atoms with Crippen molar-refractivity contribution in [2.24, 2.45) is 0 Å². The van der Waals surface area contributed by atoms with E-state index in [2.05, 4.69) is 19.9 Å². The van der Waals surface area contributed by atoms with E-state index in [0.29, 0.717) is 12.1 Å². The van der Waals surface area contributed by atoms with Crippen molar-refractivity contribution in [3.8, 4) is 0 Å². The topological polar surface area (TPSA) is 74.4 Å². The van der Waals surface area contributed by atoms with Crippen LogP contribution >= 0.6 is 0 Å². The van der Waals surface area contributed by atoms with Crippen LogP contribution in [0.1, 0.15) is 27.6 Å². The third kappa shape index (κ3) is 3.16. The van der Waals surface area contributed by atoms with Crippen molar-refractivity contribution >= 4 is 40.0 Å². The Morgan fingerprint density at radius 2 is 1.27 bits per heavy atom. The quantitative estimate of drug-likeness (QED) is 0.446. The van der Waals surface area contributed by atoms with Crippen molar-refractivity contribution in [3.63, 3.8) is 0 Å². The molecule has 0 radical (unpaired) electrons. The van der Waals surface area contributed by atoms with Crippen LogP contribution in [0, 0.1) is 0 Å². The number of rotatable bonds is 0. The maximum atomic E-state index is 12.2. The molecule has 3 aromatic heterocycles. The largest absolute Gasteiger partial charge is 0.355 e. The summed E-state index contributed by atoms with van der Waals surface area (Å²) in [6.07, 6.45) is 4.30. The van der Waals surface area contributed by atoms with Gasteiger partial charge in [-0.1, -0.05) is 0 Å². The predicted octanol–water partition coefficient (Wildman–Crippen LogP) is 3.91. The van der Waals surface area contributed by atoms with Crippen molar-refractivity contribution in [2.75, 3.05) is 0 Å². The zero-order chi connectivity index (χ0) is 16.8. The number of fused-ring (bicyclic) bond motifs is 8. The van der Waals surface area contributed by atoms with E-state index in [-0.39, 0.29) is 25.3 Å². The third-order valence-electron chi connectivity index (χ3n) is 4.26. The number of carbonyl (C=O) groups excluding carboxylic acids is 1. The summed E-state index contributed by atoms with van der Waals surface area (Å²) in [4.78, 5) is 27.9. The van der Waals surface area contributed by atoms with Crippen LogP contribution in [0.4, 0.5) is 0 Å². The van der Waals surface area contributed by atoms with Crippen molar-refractivity contribution in [2.45, 2.75) is 6.42 Å². The number of aromatic nitrogens is 4. The van der Waals surface area contributed by atoms with E-state index in [9.17, 15) is 4.79 Å². The molecule has 122 valence electrons. The van der Waals surface area contributed by atoms with Gasteiger partial charge in [-0.3, -0.25) is 4.79 Å². The maximum absolute atomic E-state index is 12.2. The van der Waals surface area contributed by atoms with Crippen molar-refractivity contribution < 1.29 is 24.3 Å². The van der Waals surface area contributed by atoms with Gasteiger partial charge in [-0.05, 0) is 60.7 Å². The molecule has 0 fully saturated rings. The average molecular weight is 392 g/mol. The molecule has 8 bridgehead atoms. The second kappa shape index (κ2) is 6.47. The second-order valence-corrected chi connectivity index (χ2v) is 6.20. The summed E-state index contributed by atoms with van der Waals surface area (Å²) in [5.74, 6) is 0.0379. The first kappa shape index (κ1) is 16.6. The molecule has 0 spiro atoms. The average Bonchev–Trinajstić information content (AvgIpc) is 3.33. The molecule has 0 amide bonds. The zero-order valence-electron chi connectivity index (χ0n) is 14.0. The second-order valence-electron chi connectivity index (χ2n) is 6.20. The number of aromatic amines is 2. The Morgan fingerprint density at radius 1 is 0.731 bits per heavy atom. The fourth-order valence-corrected chi connectivity index (χ4v) is 3.10. The number of nitrogens with zero attached hydrogens (tertiary/aromatic N) is 2. The van der Waals surface area contributed by atoms with Crippen molar-refractivity contribution in [1.82, 2.24) is 19.9 Å². The molecule has 2 aliphatic rings. The molecule has 0 aliphatic carbocycles. The van der Waals surface area contributed by atoms with E-state index >= 15 is 0 Å². The minimum Gasteiger partial charge on any atom is -0.355 e. The number of hydrogen-bond acceptors (Lipinski definition) is 3. The van der Waals surface area contributed by atoms with Crippen molar-refractivity contribution in [3.05, 3.63) is 71.3 Å². The van der Waals surface area contributed by atoms with Crippen LogP contribution in [0.25, 0.3) is 34.2 Å². The van der Waals surface area contributed by atoms with Crippen LogP contribution in [-0.2, 0) is 25.9 Å². The van der Waals surface area contributed by atoms with Crippen LogP contribution < -0.4 is 0 Å². The zero-order valence-corrected chi connectivity index (χ0v) is 17.0. The van der Waals surface area contributed by atoms with Gasteiger partial charge in [-0.15, -0.1) is 0 Å². The standard InChI is InChI=1S/C20H14N4O.Zn/c25-20-11-18-9-16-4-3-14(22-16)7-12-1-2-13(21-12)8-15-5-6-17(23-15)10-19(20)24-18;/h1-10,22-23H,11H2;. The normalized spacial score (nSPS) is 12.8. The Labute approximate surface area is 162 Å². The Hall–Kier alpha value is -2.85. The fraction of sp³-hybridized carbons (Fsp3) is 0.0500. The Morgan fingerprint density at radius 3 is 1.88 bits per heavy atom. The molecule has 0 unspecified atom stereocenters. The molecule has 5 heterocycles. The van der Waals surface area contributed by atoms with Crippen LogP contribution in [0.2, 0.25) is 0 Å². The smallest absolute Gasteiger partial charge is 0.187 e. The van der Waals surface area contributed by atoms with E-state index in [0.717, 1.165) is 39.1 Å². The van der Waals surface area contributed by atoms with Gasteiger partial charge in [0.05, 0.1) is 23.5 Å². The predicted molar refractivity (Wildman–Crippen MR) is 98.0 cm³/mol. The van der Waals surface area contributed by atoms with Gasteiger partial charge in [0, 0.05) is 41.5 Å². The van der Waals surface area contributed by atoms with Gasteiger partial charge >= 0.3 is 0 Å². The molecule has 6 heteroatoms. The minimum absolute atomic E-state index is 0. The Balaban J connectivity index is 0.00000168. The van der Waals surface area contributed by atoms with Crippen LogP contribution in [0.5, 0.6) is 0 Å². The minimum atomic E-state index is 0. The summed E-state index contributed by atoms with van der Waals surface area (Å²) in [7, 11) is 0. The number of ketones is 1. The monoisotopic (exact) mass is 390 g/mol. The Kier molecular flexibility index (Phi) is 4.13. The van der Waals surface area contributed by atoms with Crippen molar-refractivity contribution in [1.29, 1.82) is 0 Å². The van der Waals surface area contributed by atoms with Crippen LogP contribution in [-0.4, -0.2) is 25.7 Å².